The molecule has 34 heavy (non-hydrogen) atoms. The number of carbonyl (C=O) groups is 2. The predicted molar refractivity (Wildman–Crippen MR) is 106 cm³/mol. The molecule has 1 amide bonds. The summed E-state index contributed by atoms with van der Waals surface area (Å²) >= 11 is 0. The van der Waals surface area contributed by atoms with Crippen LogP contribution in [0.5, 0.6) is 0 Å². The van der Waals surface area contributed by atoms with Crippen LogP contribution < -0.4 is 15.8 Å². The third kappa shape index (κ3) is 7.39. The van der Waals surface area contributed by atoms with Crippen LogP contribution in [0.3, 0.4) is 0 Å². The molecule has 186 valence electrons. The number of rotatable bonds is 4. The van der Waals surface area contributed by atoms with E-state index in [9.17, 15) is 35.2 Å². The number of halogens is 5. The largest absolute Gasteiger partial charge is 0.490 e. The molecule has 0 unspecified atom stereocenters. The van der Waals surface area contributed by atoms with Crippen molar-refractivity contribution < 1.29 is 45.1 Å². The molecule has 0 spiro atoms. The van der Waals surface area contributed by atoms with Crippen molar-refractivity contribution in [2.24, 2.45) is 5.14 Å². The summed E-state index contributed by atoms with van der Waals surface area (Å²) in [5.41, 5.74) is -0.319. The zero-order valence-corrected chi connectivity index (χ0v) is 17.9. The first-order chi connectivity index (χ1) is 15.7. The van der Waals surface area contributed by atoms with E-state index in [1.54, 1.807) is 0 Å². The first-order valence-corrected chi connectivity index (χ1v) is 10.9. The van der Waals surface area contributed by atoms with Crippen LogP contribution in [0.1, 0.15) is 23.3 Å². The van der Waals surface area contributed by atoms with Crippen LogP contribution in [0.4, 0.5) is 22.0 Å². The number of nitrogens with zero attached hydrogens (tertiary/aromatic N) is 2. The summed E-state index contributed by atoms with van der Waals surface area (Å²) in [5, 5.41) is 18.1. The van der Waals surface area contributed by atoms with E-state index in [2.05, 4.69) is 20.6 Å². The average Bonchev–Trinajstić information content (AvgIpc) is 2.73. The van der Waals surface area contributed by atoms with Crippen molar-refractivity contribution in [1.29, 1.82) is 0 Å². The minimum atomic E-state index is -5.08. The molecule has 0 atom stereocenters. The van der Waals surface area contributed by atoms with E-state index in [-0.39, 0.29) is 23.0 Å². The normalized spacial score (nSPS) is 14.6. The van der Waals surface area contributed by atoms with Gasteiger partial charge in [0.25, 0.3) is 5.91 Å². The number of hydrogen-bond donors (Lipinski definition) is 4. The lowest BCUT2D eigenvalue weighted by atomic mass is 10.1. The molecule has 10 nitrogen and oxygen atoms in total. The number of hydrogen-bond acceptors (Lipinski definition) is 7. The van der Waals surface area contributed by atoms with Gasteiger partial charge in [0, 0.05) is 17.7 Å². The third-order valence-electron chi connectivity index (χ3n) is 4.41. The summed E-state index contributed by atoms with van der Waals surface area (Å²) < 4.78 is 82.2. The second-order valence-electron chi connectivity index (χ2n) is 6.90. The van der Waals surface area contributed by atoms with Crippen LogP contribution in [-0.4, -0.2) is 60.7 Å². The van der Waals surface area contributed by atoms with Crippen LogP contribution in [0.25, 0.3) is 11.3 Å². The first kappa shape index (κ1) is 27.0. The van der Waals surface area contributed by atoms with Gasteiger partial charge >= 0.3 is 12.1 Å². The van der Waals surface area contributed by atoms with Crippen molar-refractivity contribution in [1.82, 2.24) is 20.6 Å². The summed E-state index contributed by atoms with van der Waals surface area (Å²) in [4.78, 5) is 28.1. The van der Waals surface area contributed by atoms with E-state index in [1.807, 2.05) is 0 Å². The van der Waals surface area contributed by atoms with Crippen molar-refractivity contribution >= 4 is 21.9 Å². The number of sulfonamides is 1. The van der Waals surface area contributed by atoms with Crippen molar-refractivity contribution in [2.45, 2.75) is 30.0 Å². The molecule has 0 bridgehead atoms. The molecule has 1 aliphatic rings. The summed E-state index contributed by atoms with van der Waals surface area (Å²) in [6.07, 6.45) is -1.23. The SMILES string of the molecule is NS(=O)(=O)c1cc(-c2cnc(C(=O)NC3CCNCC3)cn2)c(F)cc1F.O=C(O)C(F)(F)F. The number of carboxylic acid groups (broad SMARTS) is 1. The second-order valence-corrected chi connectivity index (χ2v) is 8.42. The summed E-state index contributed by atoms with van der Waals surface area (Å²) in [5.74, 6) is -5.50. The number of amides is 1. The molecule has 1 aromatic heterocycles. The second kappa shape index (κ2) is 10.8. The van der Waals surface area contributed by atoms with Crippen LogP contribution >= 0.6 is 0 Å². The molecule has 3 rings (SSSR count). The maximum Gasteiger partial charge on any atom is 0.490 e. The number of carbonyl (C=O) groups excluding carboxylic acids is 1. The number of primary sulfonamides is 1. The fourth-order valence-corrected chi connectivity index (χ4v) is 3.37. The highest BCUT2D eigenvalue weighted by Gasteiger charge is 2.38. The highest BCUT2D eigenvalue weighted by Crippen LogP contribution is 2.25. The minimum absolute atomic E-state index is 0.0338. The fourth-order valence-electron chi connectivity index (χ4n) is 2.75. The lowest BCUT2D eigenvalue weighted by Crippen LogP contribution is -2.42. The molecule has 2 heterocycles. The van der Waals surface area contributed by atoms with Gasteiger partial charge in [0.15, 0.2) is 0 Å². The predicted octanol–water partition coefficient (Wildman–Crippen LogP) is 1.18. The number of nitrogens with one attached hydrogen (secondary N) is 2. The van der Waals surface area contributed by atoms with Gasteiger partial charge in [-0.15, -0.1) is 0 Å². The molecule has 1 fully saturated rings. The van der Waals surface area contributed by atoms with Crippen molar-refractivity contribution in [3.05, 3.63) is 41.9 Å². The van der Waals surface area contributed by atoms with Gasteiger partial charge in [0.05, 0.1) is 18.1 Å². The number of alkyl halides is 3. The van der Waals surface area contributed by atoms with E-state index in [0.29, 0.717) is 6.07 Å². The molecular formula is C18H18F5N5O5S. The van der Waals surface area contributed by atoms with E-state index in [4.69, 9.17) is 15.0 Å². The molecule has 0 radical (unpaired) electrons. The molecule has 16 heteroatoms. The fraction of sp³-hybridized carbons (Fsp3) is 0.333. The number of aliphatic carboxylic acids is 1. The molecule has 0 saturated carbocycles. The Bertz CT molecular complexity index is 1150. The van der Waals surface area contributed by atoms with Gasteiger partial charge in [-0.3, -0.25) is 9.78 Å². The Morgan fingerprint density at radius 2 is 1.68 bits per heavy atom. The molecular weight excluding hydrogens is 493 g/mol. The van der Waals surface area contributed by atoms with Crippen LogP contribution in [0.15, 0.2) is 29.4 Å². The quantitative estimate of drug-likeness (QED) is 0.445. The molecule has 0 aliphatic carbocycles. The molecule has 1 aliphatic heterocycles. The van der Waals surface area contributed by atoms with Gasteiger partial charge in [-0.1, -0.05) is 0 Å². The lowest BCUT2D eigenvalue weighted by molar-refractivity contribution is -0.192. The number of nitrogens with two attached hydrogens (primary N) is 1. The van der Waals surface area contributed by atoms with Gasteiger partial charge in [0.1, 0.15) is 22.2 Å². The van der Waals surface area contributed by atoms with E-state index in [1.165, 1.54) is 0 Å². The Kier molecular flexibility index (Phi) is 8.57. The van der Waals surface area contributed by atoms with Crippen LogP contribution in [-0.2, 0) is 14.8 Å². The van der Waals surface area contributed by atoms with Gasteiger partial charge in [-0.05, 0) is 32.0 Å². The zero-order chi connectivity index (χ0) is 25.7. The van der Waals surface area contributed by atoms with E-state index < -0.39 is 44.6 Å². The summed E-state index contributed by atoms with van der Waals surface area (Å²) in [7, 11) is -4.38. The Labute approximate surface area is 189 Å². The third-order valence-corrected chi connectivity index (χ3v) is 5.33. The lowest BCUT2D eigenvalue weighted by Gasteiger charge is -2.23. The van der Waals surface area contributed by atoms with Crippen molar-refractivity contribution in [3.63, 3.8) is 0 Å². The summed E-state index contributed by atoms with van der Waals surface area (Å²) in [6, 6.07) is 1.19. The van der Waals surface area contributed by atoms with Gasteiger partial charge < -0.3 is 15.7 Å². The van der Waals surface area contributed by atoms with E-state index >= 15 is 0 Å². The number of piperidine rings is 1. The van der Waals surface area contributed by atoms with Crippen LogP contribution in [0, 0.1) is 11.6 Å². The van der Waals surface area contributed by atoms with E-state index in [0.717, 1.165) is 44.4 Å². The molecule has 5 N–H and O–H groups in total. The number of carboxylic acids is 1. The average molecular weight is 511 g/mol. The maximum atomic E-state index is 14.0. The van der Waals surface area contributed by atoms with Crippen LogP contribution in [0.2, 0.25) is 0 Å². The molecule has 2 aromatic rings. The first-order valence-electron chi connectivity index (χ1n) is 9.36. The Morgan fingerprint density at radius 3 is 2.15 bits per heavy atom. The van der Waals surface area contributed by atoms with Gasteiger partial charge in [-0.25, -0.2) is 32.1 Å². The standard InChI is InChI=1S/C16H17F2N5O3S.C2HF3O2/c17-11-6-12(18)15(27(19,25)26)5-10(11)13-7-22-14(8-21-13)16(24)23-9-1-3-20-4-2-9;3-2(4,5)1(6)7/h5-9,20H,1-4H2,(H,23,24)(H2,19,25,26);(H,6,7). The van der Waals surface area contributed by atoms with Crippen molar-refractivity contribution in [2.75, 3.05) is 13.1 Å². The summed E-state index contributed by atoms with van der Waals surface area (Å²) in [6.45, 7) is 1.62. The molecule has 1 saturated heterocycles. The smallest absolute Gasteiger partial charge is 0.475 e. The highest BCUT2D eigenvalue weighted by atomic mass is 32.2. The van der Waals surface area contributed by atoms with Crippen molar-refractivity contribution in [3.8, 4) is 11.3 Å². The van der Waals surface area contributed by atoms with Gasteiger partial charge in [-0.2, -0.15) is 13.2 Å². The zero-order valence-electron chi connectivity index (χ0n) is 17.1. The highest BCUT2D eigenvalue weighted by molar-refractivity contribution is 7.89. The monoisotopic (exact) mass is 511 g/mol. The number of benzene rings is 1. The Balaban J connectivity index is 0.000000509. The topological polar surface area (TPSA) is 164 Å². The minimum Gasteiger partial charge on any atom is -0.475 e. The maximum absolute atomic E-state index is 14.0. The Morgan fingerprint density at radius 1 is 1.09 bits per heavy atom. The number of aromatic nitrogens is 2. The van der Waals surface area contributed by atoms with Gasteiger partial charge in [0.2, 0.25) is 10.0 Å². The molecule has 1 aromatic carbocycles. The Hall–Kier alpha value is -3.24.